The Balaban J connectivity index is 1.09. The van der Waals surface area contributed by atoms with Gasteiger partial charge in [-0.05, 0) is 139 Å². The molecule has 0 atom stereocenters. The van der Waals surface area contributed by atoms with Gasteiger partial charge in [-0.2, -0.15) is 0 Å². The fraction of sp³-hybridized carbons (Fsp3) is 0.100. The van der Waals surface area contributed by atoms with E-state index in [-0.39, 0.29) is 5.41 Å². The lowest BCUT2D eigenvalue weighted by Gasteiger charge is -2.33. The number of hydrogen-bond acceptors (Lipinski definition) is 1. The fourth-order valence-electron chi connectivity index (χ4n) is 11.3. The molecule has 0 saturated carbocycles. The van der Waals surface area contributed by atoms with E-state index >= 15 is 0 Å². The normalized spacial score (nSPS) is 14.2. The maximum Gasteiger partial charge on any atom is 0.0731 e. The van der Waals surface area contributed by atoms with Gasteiger partial charge in [0.1, 0.15) is 0 Å². The topological polar surface area (TPSA) is 3.24 Å². The van der Waals surface area contributed by atoms with E-state index in [4.69, 9.17) is 0 Å². The van der Waals surface area contributed by atoms with E-state index in [2.05, 4.69) is 233 Å². The molecule has 0 N–H and O–H groups in total. The lowest BCUT2D eigenvalue weighted by atomic mass is 9.68. The second-order valence-corrected chi connectivity index (χ2v) is 17.8. The summed E-state index contributed by atoms with van der Waals surface area (Å²) in [5, 5.41) is 0. The van der Waals surface area contributed by atoms with Crippen LogP contribution >= 0.6 is 0 Å². The van der Waals surface area contributed by atoms with Crippen molar-refractivity contribution in [3.05, 3.63) is 245 Å². The molecule has 0 aromatic heterocycles. The van der Waals surface area contributed by atoms with Crippen LogP contribution in [0.1, 0.15) is 58.4 Å². The Morgan fingerprint density at radius 1 is 0.311 bits per heavy atom. The predicted molar refractivity (Wildman–Crippen MR) is 255 cm³/mol. The van der Waals surface area contributed by atoms with Gasteiger partial charge in [0.2, 0.25) is 0 Å². The summed E-state index contributed by atoms with van der Waals surface area (Å²) in [4.78, 5) is 2.47. The second kappa shape index (κ2) is 13.1. The molecule has 12 rings (SSSR count). The number of hydrogen-bond donors (Lipinski definition) is 0. The van der Waals surface area contributed by atoms with Crippen LogP contribution in [-0.4, -0.2) is 0 Å². The molecule has 1 nitrogen and oxygen atoms in total. The SMILES string of the molecule is Cc1ccc2c(c1)C1(c3cc(C)ccc3-2)c2ccccc2-c2cccc(-c3cccc(N(c4cccc(-c5ccccc5)c4)c4ccc5c(c4)C(C)(C)c4ccccc4-5)c3)c21. The van der Waals surface area contributed by atoms with Crippen molar-refractivity contribution < 1.29 is 0 Å². The highest BCUT2D eigenvalue weighted by atomic mass is 15.1. The highest BCUT2D eigenvalue weighted by Gasteiger charge is 2.53. The van der Waals surface area contributed by atoms with Crippen LogP contribution in [0.25, 0.3) is 55.6 Å². The molecule has 0 fully saturated rings. The highest BCUT2D eigenvalue weighted by Crippen LogP contribution is 2.65. The van der Waals surface area contributed by atoms with Crippen molar-refractivity contribution in [3.63, 3.8) is 0 Å². The van der Waals surface area contributed by atoms with Gasteiger partial charge < -0.3 is 4.90 Å². The van der Waals surface area contributed by atoms with Gasteiger partial charge in [-0.3, -0.25) is 0 Å². The third-order valence-corrected chi connectivity index (χ3v) is 14.0. The molecule has 61 heavy (non-hydrogen) atoms. The van der Waals surface area contributed by atoms with E-state index in [1.54, 1.807) is 0 Å². The van der Waals surface area contributed by atoms with E-state index in [1.807, 2.05) is 0 Å². The van der Waals surface area contributed by atoms with Gasteiger partial charge in [0.15, 0.2) is 0 Å². The van der Waals surface area contributed by atoms with E-state index in [0.29, 0.717) is 0 Å². The van der Waals surface area contributed by atoms with Crippen LogP contribution in [0.3, 0.4) is 0 Å². The first kappa shape index (κ1) is 35.7. The first-order chi connectivity index (χ1) is 29.8. The van der Waals surface area contributed by atoms with Crippen LogP contribution in [0.15, 0.2) is 200 Å². The molecule has 1 spiro atoms. The van der Waals surface area contributed by atoms with Gasteiger partial charge in [-0.15, -0.1) is 0 Å². The highest BCUT2D eigenvalue weighted by molar-refractivity contribution is 5.99. The second-order valence-electron chi connectivity index (χ2n) is 17.8. The summed E-state index contributed by atoms with van der Waals surface area (Å²) < 4.78 is 0. The van der Waals surface area contributed by atoms with E-state index in [1.165, 1.54) is 100 Å². The van der Waals surface area contributed by atoms with Crippen molar-refractivity contribution in [1.29, 1.82) is 0 Å². The molecule has 290 valence electrons. The Hall–Kier alpha value is -7.22. The van der Waals surface area contributed by atoms with Gasteiger partial charge in [-0.25, -0.2) is 0 Å². The number of aryl methyl sites for hydroxylation is 2. The van der Waals surface area contributed by atoms with Crippen LogP contribution in [0, 0.1) is 13.8 Å². The van der Waals surface area contributed by atoms with Crippen molar-refractivity contribution in [2.45, 2.75) is 38.5 Å². The molecule has 0 aliphatic heterocycles. The monoisotopic (exact) mass is 779 g/mol. The quantitative estimate of drug-likeness (QED) is 0.168. The number of benzene rings is 9. The van der Waals surface area contributed by atoms with Crippen LogP contribution in [0.4, 0.5) is 17.1 Å². The van der Waals surface area contributed by atoms with E-state index in [0.717, 1.165) is 17.1 Å². The first-order valence-electron chi connectivity index (χ1n) is 21.6. The third-order valence-electron chi connectivity index (χ3n) is 14.0. The molecule has 0 amide bonds. The lowest BCUT2D eigenvalue weighted by Crippen LogP contribution is -2.27. The molecule has 1 heteroatoms. The van der Waals surface area contributed by atoms with Gasteiger partial charge in [0, 0.05) is 22.5 Å². The third kappa shape index (κ3) is 5.07. The molecule has 9 aromatic carbocycles. The fourth-order valence-corrected chi connectivity index (χ4v) is 11.3. The van der Waals surface area contributed by atoms with Crippen molar-refractivity contribution in [1.82, 2.24) is 0 Å². The summed E-state index contributed by atoms with van der Waals surface area (Å²) in [6, 6.07) is 75.4. The van der Waals surface area contributed by atoms with E-state index < -0.39 is 5.41 Å². The summed E-state index contributed by atoms with van der Waals surface area (Å²) in [6.07, 6.45) is 0. The van der Waals surface area contributed by atoms with Gasteiger partial charge in [-0.1, -0.05) is 189 Å². The van der Waals surface area contributed by atoms with Crippen molar-refractivity contribution >= 4 is 17.1 Å². The Morgan fingerprint density at radius 3 is 1.49 bits per heavy atom. The smallest absolute Gasteiger partial charge is 0.0731 e. The minimum absolute atomic E-state index is 0.125. The summed E-state index contributed by atoms with van der Waals surface area (Å²) in [6.45, 7) is 9.21. The maximum absolute atomic E-state index is 2.47. The predicted octanol–water partition coefficient (Wildman–Crippen LogP) is 15.8. The van der Waals surface area contributed by atoms with E-state index in [9.17, 15) is 0 Å². The number of anilines is 3. The maximum atomic E-state index is 2.47. The van der Waals surface area contributed by atoms with Gasteiger partial charge in [0.05, 0.1) is 5.41 Å². The molecule has 0 heterocycles. The molecule has 3 aliphatic rings. The molecule has 0 unspecified atom stereocenters. The number of rotatable bonds is 5. The minimum Gasteiger partial charge on any atom is -0.310 e. The summed E-state index contributed by atoms with van der Waals surface area (Å²) in [5.74, 6) is 0. The Kier molecular flexibility index (Phi) is 7.69. The van der Waals surface area contributed by atoms with Crippen molar-refractivity contribution in [3.8, 4) is 55.6 Å². The lowest BCUT2D eigenvalue weighted by molar-refractivity contribution is 0.660. The minimum atomic E-state index is -0.453. The zero-order valence-corrected chi connectivity index (χ0v) is 35.0. The van der Waals surface area contributed by atoms with Crippen molar-refractivity contribution in [2.24, 2.45) is 0 Å². The van der Waals surface area contributed by atoms with Crippen LogP contribution in [0.2, 0.25) is 0 Å². The number of nitrogens with zero attached hydrogens (tertiary/aromatic N) is 1. The molecule has 9 aromatic rings. The van der Waals surface area contributed by atoms with Crippen LogP contribution in [-0.2, 0) is 10.8 Å². The largest absolute Gasteiger partial charge is 0.310 e. The summed E-state index contributed by atoms with van der Waals surface area (Å²) in [7, 11) is 0. The summed E-state index contributed by atoms with van der Waals surface area (Å²) >= 11 is 0. The first-order valence-corrected chi connectivity index (χ1v) is 21.6. The molecule has 0 saturated heterocycles. The Bertz CT molecular complexity index is 3200. The van der Waals surface area contributed by atoms with Crippen LogP contribution < -0.4 is 4.90 Å². The van der Waals surface area contributed by atoms with Gasteiger partial charge >= 0.3 is 0 Å². The molecule has 0 bridgehead atoms. The zero-order chi connectivity index (χ0) is 41.0. The molecular formula is C60H45N. The van der Waals surface area contributed by atoms with Crippen molar-refractivity contribution in [2.75, 3.05) is 4.90 Å². The Labute approximate surface area is 359 Å². The van der Waals surface area contributed by atoms with Gasteiger partial charge in [0.25, 0.3) is 0 Å². The van der Waals surface area contributed by atoms with Crippen LogP contribution in [0.5, 0.6) is 0 Å². The molecule has 0 radical (unpaired) electrons. The summed E-state index contributed by atoms with van der Waals surface area (Å²) in [5.41, 5.74) is 26.4. The standard InChI is InChI=1S/C60H45N/c1-38-27-30-50-51-31-28-39(2)34-57(51)60(56(50)33-38)54-26-11-9-22-48(54)52-24-14-23-46(58(52)60)42-18-13-20-44(36-42)61(43-19-12-17-41(35-43)40-15-6-5-7-16-40)45-29-32-49-47-21-8-10-25-53(47)59(3,4)55(49)37-45/h5-37H,1-4H3. The average molecular weight is 780 g/mol. The number of fused-ring (bicyclic) bond motifs is 13. The zero-order valence-electron chi connectivity index (χ0n) is 35.0. The molecular weight excluding hydrogens is 735 g/mol. The molecule has 3 aliphatic carbocycles. The Morgan fingerprint density at radius 2 is 0.787 bits per heavy atom. The average Bonchev–Trinajstić information content (AvgIpc) is 3.84.